The largest absolute Gasteiger partial charge is 0.456 e. The molecule has 6 heteroatoms. The lowest BCUT2D eigenvalue weighted by Gasteiger charge is -2.14. The second-order valence-corrected chi connectivity index (χ2v) is 6.05. The molecule has 0 heterocycles. The van der Waals surface area contributed by atoms with Gasteiger partial charge in [-0.1, -0.05) is 17.7 Å². The smallest absolute Gasteiger partial charge is 0.145 e. The van der Waals surface area contributed by atoms with Gasteiger partial charge < -0.3 is 10.5 Å². The number of halogens is 3. The first-order chi connectivity index (χ1) is 9.56. The van der Waals surface area contributed by atoms with Crippen molar-refractivity contribution >= 4 is 39.3 Å². The molecule has 2 rings (SSSR count). The molecule has 0 saturated heterocycles. The molecule has 20 heavy (non-hydrogen) atoms. The molecule has 106 valence electrons. The second kappa shape index (κ2) is 6.80. The van der Waals surface area contributed by atoms with E-state index in [-0.39, 0.29) is 5.02 Å². The van der Waals surface area contributed by atoms with Crippen LogP contribution in [0.5, 0.6) is 11.5 Å². The van der Waals surface area contributed by atoms with E-state index in [2.05, 4.69) is 15.9 Å². The van der Waals surface area contributed by atoms with E-state index in [0.717, 1.165) is 10.5 Å². The molecule has 2 aromatic carbocycles. The van der Waals surface area contributed by atoms with Gasteiger partial charge in [0.2, 0.25) is 0 Å². The number of hydrogen-bond acceptors (Lipinski definition) is 3. The summed E-state index contributed by atoms with van der Waals surface area (Å²) in [5, 5.41) is 0.0427. The lowest BCUT2D eigenvalue weighted by Crippen LogP contribution is -2.01. The number of benzene rings is 2. The highest BCUT2D eigenvalue weighted by molar-refractivity contribution is 9.10. The summed E-state index contributed by atoms with van der Waals surface area (Å²) in [4.78, 5) is 1.04. The molecule has 0 saturated carbocycles. The monoisotopic (exact) mass is 375 g/mol. The van der Waals surface area contributed by atoms with E-state index in [9.17, 15) is 4.39 Å². The fraction of sp³-hybridized carbons (Fsp3) is 0.143. The molecule has 0 unspecified atom stereocenters. The Bertz CT molecular complexity index is 639. The summed E-state index contributed by atoms with van der Waals surface area (Å²) in [5.74, 6) is 0.446. The normalized spacial score (nSPS) is 10.7. The van der Waals surface area contributed by atoms with E-state index in [1.165, 1.54) is 12.1 Å². The van der Waals surface area contributed by atoms with Gasteiger partial charge in [0.05, 0.1) is 9.50 Å². The van der Waals surface area contributed by atoms with Gasteiger partial charge in [-0.2, -0.15) is 0 Å². The minimum Gasteiger partial charge on any atom is -0.456 e. The van der Waals surface area contributed by atoms with Crippen molar-refractivity contribution in [1.82, 2.24) is 0 Å². The van der Waals surface area contributed by atoms with Crippen LogP contribution in [0.2, 0.25) is 5.02 Å². The molecule has 0 bridgehead atoms. The van der Waals surface area contributed by atoms with E-state index in [1.54, 1.807) is 17.8 Å². The Morgan fingerprint density at radius 1 is 1.35 bits per heavy atom. The molecule has 0 aliphatic heterocycles. The average Bonchev–Trinajstić information content (AvgIpc) is 2.44. The fourth-order valence-corrected chi connectivity index (χ4v) is 3.10. The van der Waals surface area contributed by atoms with E-state index in [4.69, 9.17) is 22.1 Å². The van der Waals surface area contributed by atoms with Crippen LogP contribution >= 0.6 is 39.3 Å². The summed E-state index contributed by atoms with van der Waals surface area (Å²) < 4.78 is 19.9. The number of ether oxygens (including phenoxy) is 1. The fourth-order valence-electron chi connectivity index (χ4n) is 1.73. The van der Waals surface area contributed by atoms with Crippen LogP contribution in [-0.4, -0.2) is 6.26 Å². The summed E-state index contributed by atoms with van der Waals surface area (Å²) in [7, 11) is 0. The highest BCUT2D eigenvalue weighted by Gasteiger charge is 2.12. The zero-order valence-electron chi connectivity index (χ0n) is 10.6. The van der Waals surface area contributed by atoms with Crippen LogP contribution in [0, 0.1) is 5.82 Å². The second-order valence-electron chi connectivity index (χ2n) is 3.94. The number of thioether (sulfide) groups is 1. The third kappa shape index (κ3) is 3.28. The third-order valence-corrected chi connectivity index (χ3v) is 4.44. The molecule has 0 aliphatic carbocycles. The van der Waals surface area contributed by atoms with E-state index in [1.807, 2.05) is 18.4 Å². The first kappa shape index (κ1) is 15.6. The van der Waals surface area contributed by atoms with Gasteiger partial charge in [-0.15, -0.1) is 11.8 Å². The SMILES string of the molecule is CSc1cccc(Oc2cc(F)c(Cl)cc2Br)c1CN. The Hall–Kier alpha value is -0.750. The summed E-state index contributed by atoms with van der Waals surface area (Å²) in [6, 6.07) is 8.36. The molecular weight excluding hydrogens is 365 g/mol. The van der Waals surface area contributed by atoms with Crippen molar-refractivity contribution in [3.05, 3.63) is 51.2 Å². The van der Waals surface area contributed by atoms with Crippen LogP contribution in [0.3, 0.4) is 0 Å². The van der Waals surface area contributed by atoms with Gasteiger partial charge in [0, 0.05) is 23.1 Å². The lowest BCUT2D eigenvalue weighted by atomic mass is 10.2. The molecule has 0 radical (unpaired) electrons. The summed E-state index contributed by atoms with van der Waals surface area (Å²) in [6.07, 6.45) is 1.97. The highest BCUT2D eigenvalue weighted by atomic mass is 79.9. The molecule has 0 amide bonds. The van der Waals surface area contributed by atoms with Gasteiger partial charge >= 0.3 is 0 Å². The van der Waals surface area contributed by atoms with E-state index < -0.39 is 5.82 Å². The number of nitrogens with two attached hydrogens (primary N) is 1. The lowest BCUT2D eigenvalue weighted by molar-refractivity contribution is 0.466. The molecule has 0 fully saturated rings. The van der Waals surface area contributed by atoms with Crippen molar-refractivity contribution in [2.45, 2.75) is 11.4 Å². The molecule has 2 nitrogen and oxygen atoms in total. The molecule has 2 aromatic rings. The Labute approximate surface area is 134 Å². The highest BCUT2D eigenvalue weighted by Crippen LogP contribution is 2.37. The molecular formula is C14H12BrClFNOS. The van der Waals surface area contributed by atoms with E-state index in [0.29, 0.717) is 22.5 Å². The van der Waals surface area contributed by atoms with Crippen molar-refractivity contribution in [2.24, 2.45) is 5.73 Å². The minimum atomic E-state index is -0.528. The third-order valence-electron chi connectivity index (χ3n) is 2.71. The van der Waals surface area contributed by atoms with Crippen molar-refractivity contribution < 1.29 is 9.13 Å². The van der Waals surface area contributed by atoms with Crippen LogP contribution in [-0.2, 0) is 6.54 Å². The maximum Gasteiger partial charge on any atom is 0.145 e. The first-order valence-electron chi connectivity index (χ1n) is 5.75. The maximum atomic E-state index is 13.5. The van der Waals surface area contributed by atoms with E-state index >= 15 is 0 Å². The summed E-state index contributed by atoms with van der Waals surface area (Å²) in [5.41, 5.74) is 6.66. The van der Waals surface area contributed by atoms with Gasteiger partial charge in [0.25, 0.3) is 0 Å². The van der Waals surface area contributed by atoms with Gasteiger partial charge in [-0.3, -0.25) is 0 Å². The Morgan fingerprint density at radius 2 is 2.10 bits per heavy atom. The van der Waals surface area contributed by atoms with Crippen molar-refractivity contribution in [1.29, 1.82) is 0 Å². The topological polar surface area (TPSA) is 35.2 Å². The zero-order valence-corrected chi connectivity index (χ0v) is 13.8. The van der Waals surface area contributed by atoms with Crippen LogP contribution in [0.1, 0.15) is 5.56 Å². The van der Waals surface area contributed by atoms with Gasteiger partial charge in [-0.25, -0.2) is 4.39 Å². The predicted molar refractivity (Wildman–Crippen MR) is 85.3 cm³/mol. The number of rotatable bonds is 4. The quantitative estimate of drug-likeness (QED) is 0.587. The standard InChI is InChI=1S/C14H12BrClFNOS/c1-20-14-4-2-3-12(8(14)7-18)19-13-6-11(17)10(16)5-9(13)15/h2-6H,7,18H2,1H3. The molecule has 0 aromatic heterocycles. The average molecular weight is 377 g/mol. The molecule has 2 N–H and O–H groups in total. The van der Waals surface area contributed by atoms with Crippen LogP contribution in [0.4, 0.5) is 4.39 Å². The summed E-state index contributed by atoms with van der Waals surface area (Å²) in [6.45, 7) is 0.347. The maximum absolute atomic E-state index is 13.5. The Kier molecular flexibility index (Phi) is 5.32. The molecule has 0 aliphatic rings. The van der Waals surface area contributed by atoms with Crippen molar-refractivity contribution in [3.63, 3.8) is 0 Å². The number of hydrogen-bond donors (Lipinski definition) is 1. The summed E-state index contributed by atoms with van der Waals surface area (Å²) >= 11 is 10.6. The van der Waals surface area contributed by atoms with Crippen LogP contribution in [0.25, 0.3) is 0 Å². The van der Waals surface area contributed by atoms with Gasteiger partial charge in [0.1, 0.15) is 17.3 Å². The Balaban J connectivity index is 2.42. The van der Waals surface area contributed by atoms with Crippen LogP contribution in [0.15, 0.2) is 39.7 Å². The van der Waals surface area contributed by atoms with Crippen molar-refractivity contribution in [3.8, 4) is 11.5 Å². The van der Waals surface area contributed by atoms with Crippen LogP contribution < -0.4 is 10.5 Å². The van der Waals surface area contributed by atoms with Gasteiger partial charge in [-0.05, 0) is 40.4 Å². The van der Waals surface area contributed by atoms with Gasteiger partial charge in [0.15, 0.2) is 0 Å². The molecule has 0 spiro atoms. The predicted octanol–water partition coefficient (Wildman–Crippen LogP) is 5.21. The minimum absolute atomic E-state index is 0.0427. The van der Waals surface area contributed by atoms with Crippen molar-refractivity contribution in [2.75, 3.05) is 6.26 Å². The molecule has 0 atom stereocenters. The first-order valence-corrected chi connectivity index (χ1v) is 8.14. The Morgan fingerprint density at radius 3 is 2.75 bits per heavy atom. The zero-order chi connectivity index (χ0) is 14.7.